The molecule has 1 aliphatic rings. The zero-order chi connectivity index (χ0) is 23.0. The second-order valence-corrected chi connectivity index (χ2v) is 6.33. The standard InChI is InChI=1S/C18H26O12/c1-8(19)27-7-11-14(28-9(2)20)15(29-10(3)21)12(18(26-6)30-11)13(16(22)24-4)17(23)25-5/h11-15,18H,7H2,1-6H3/t11-,12+,14-,15-,18+/m1/s1. The predicted molar refractivity (Wildman–Crippen MR) is 94.4 cm³/mol. The summed E-state index contributed by atoms with van der Waals surface area (Å²) in [5.41, 5.74) is 0. The Balaban J connectivity index is 3.52. The summed E-state index contributed by atoms with van der Waals surface area (Å²) in [6.07, 6.45) is -5.17. The molecule has 0 aromatic carbocycles. The quantitative estimate of drug-likeness (QED) is 0.272. The summed E-state index contributed by atoms with van der Waals surface area (Å²) in [6.45, 7) is 2.97. The first-order valence-corrected chi connectivity index (χ1v) is 8.89. The van der Waals surface area contributed by atoms with E-state index in [2.05, 4.69) is 9.47 Å². The molecule has 1 heterocycles. The smallest absolute Gasteiger partial charge is 0.320 e. The van der Waals surface area contributed by atoms with E-state index in [4.69, 9.17) is 23.7 Å². The van der Waals surface area contributed by atoms with Crippen LogP contribution in [0.25, 0.3) is 0 Å². The maximum absolute atomic E-state index is 12.4. The number of ether oxygens (including phenoxy) is 7. The molecule has 1 saturated heterocycles. The van der Waals surface area contributed by atoms with Gasteiger partial charge in [-0.25, -0.2) is 0 Å². The van der Waals surface area contributed by atoms with Gasteiger partial charge >= 0.3 is 29.8 Å². The molecule has 0 radical (unpaired) electrons. The predicted octanol–water partition coefficient (Wildman–Crippen LogP) is -0.637. The van der Waals surface area contributed by atoms with E-state index >= 15 is 0 Å². The fourth-order valence-corrected chi connectivity index (χ4v) is 3.16. The van der Waals surface area contributed by atoms with E-state index in [1.165, 1.54) is 7.11 Å². The molecule has 0 aromatic rings. The molecule has 0 amide bonds. The number of esters is 5. The maximum atomic E-state index is 12.4. The van der Waals surface area contributed by atoms with Crippen LogP contribution < -0.4 is 0 Å². The van der Waals surface area contributed by atoms with Crippen molar-refractivity contribution in [3.05, 3.63) is 0 Å². The molecule has 5 atom stereocenters. The Hall–Kier alpha value is -2.73. The third-order valence-corrected chi connectivity index (χ3v) is 4.28. The van der Waals surface area contributed by atoms with Crippen LogP contribution in [0, 0.1) is 11.8 Å². The highest BCUT2D eigenvalue weighted by Gasteiger charge is 2.57. The fraction of sp³-hybridized carbons (Fsp3) is 0.722. The molecule has 1 rings (SSSR count). The average molecular weight is 434 g/mol. The molecule has 0 aliphatic carbocycles. The van der Waals surface area contributed by atoms with Crippen molar-refractivity contribution in [2.24, 2.45) is 11.8 Å². The zero-order valence-electron chi connectivity index (χ0n) is 17.6. The SMILES string of the molecule is COC(=O)C(C(=O)OC)[C@@H]1[C@@H](OC)O[C@H](COC(C)=O)[C@@H](OC(C)=O)[C@@H]1OC(C)=O. The van der Waals surface area contributed by atoms with Crippen molar-refractivity contribution in [1.82, 2.24) is 0 Å². The summed E-state index contributed by atoms with van der Waals surface area (Å²) in [5.74, 6) is -7.15. The first kappa shape index (κ1) is 25.3. The third kappa shape index (κ3) is 6.39. The van der Waals surface area contributed by atoms with Gasteiger partial charge in [-0.15, -0.1) is 0 Å². The number of methoxy groups -OCH3 is 3. The Morgan fingerprint density at radius 3 is 1.70 bits per heavy atom. The van der Waals surface area contributed by atoms with Gasteiger partial charge in [0.05, 0.1) is 20.1 Å². The molecule has 0 bridgehead atoms. The summed E-state index contributed by atoms with van der Waals surface area (Å²) in [6, 6.07) is 0. The van der Waals surface area contributed by atoms with Crippen LogP contribution in [0.2, 0.25) is 0 Å². The van der Waals surface area contributed by atoms with Crippen LogP contribution in [0.1, 0.15) is 20.8 Å². The minimum absolute atomic E-state index is 0.376. The Morgan fingerprint density at radius 1 is 0.800 bits per heavy atom. The summed E-state index contributed by atoms with van der Waals surface area (Å²) < 4.78 is 35.9. The lowest BCUT2D eigenvalue weighted by molar-refractivity contribution is -0.293. The number of carbonyl (C=O) groups excluding carboxylic acids is 5. The van der Waals surface area contributed by atoms with Crippen molar-refractivity contribution in [2.45, 2.75) is 45.4 Å². The molecule has 0 saturated carbocycles. The molecule has 0 aromatic heterocycles. The number of hydrogen-bond acceptors (Lipinski definition) is 12. The van der Waals surface area contributed by atoms with Crippen molar-refractivity contribution in [3.63, 3.8) is 0 Å². The normalized spacial score (nSPS) is 25.8. The van der Waals surface area contributed by atoms with E-state index in [1.54, 1.807) is 0 Å². The van der Waals surface area contributed by atoms with Gasteiger partial charge in [0, 0.05) is 27.9 Å². The molecule has 12 nitrogen and oxygen atoms in total. The highest BCUT2D eigenvalue weighted by atomic mass is 16.7. The Labute approximate surface area is 173 Å². The monoisotopic (exact) mass is 434 g/mol. The van der Waals surface area contributed by atoms with Crippen molar-refractivity contribution < 1.29 is 57.1 Å². The minimum atomic E-state index is -1.64. The van der Waals surface area contributed by atoms with E-state index < -0.39 is 66.3 Å². The summed E-state index contributed by atoms with van der Waals surface area (Å²) in [5, 5.41) is 0. The minimum Gasteiger partial charge on any atom is -0.468 e. The van der Waals surface area contributed by atoms with E-state index in [1.807, 2.05) is 0 Å². The maximum Gasteiger partial charge on any atom is 0.320 e. The fourth-order valence-electron chi connectivity index (χ4n) is 3.16. The van der Waals surface area contributed by atoms with Gasteiger partial charge in [0.1, 0.15) is 12.7 Å². The van der Waals surface area contributed by atoms with E-state index in [0.717, 1.165) is 35.0 Å². The van der Waals surface area contributed by atoms with E-state index in [0.29, 0.717) is 0 Å². The van der Waals surface area contributed by atoms with Gasteiger partial charge in [0.25, 0.3) is 0 Å². The topological polar surface area (TPSA) is 150 Å². The third-order valence-electron chi connectivity index (χ3n) is 4.28. The lowest BCUT2D eigenvalue weighted by atomic mass is 9.80. The van der Waals surface area contributed by atoms with Crippen LogP contribution in [0.4, 0.5) is 0 Å². The van der Waals surface area contributed by atoms with Crippen LogP contribution in [-0.4, -0.2) is 82.4 Å². The second-order valence-electron chi connectivity index (χ2n) is 6.33. The van der Waals surface area contributed by atoms with Crippen LogP contribution >= 0.6 is 0 Å². The molecular weight excluding hydrogens is 408 g/mol. The Morgan fingerprint density at radius 2 is 1.30 bits per heavy atom. The molecule has 0 N–H and O–H groups in total. The second kappa shape index (κ2) is 11.5. The van der Waals surface area contributed by atoms with Crippen LogP contribution in [0.15, 0.2) is 0 Å². The molecule has 0 spiro atoms. The van der Waals surface area contributed by atoms with Gasteiger partial charge in [0.2, 0.25) is 0 Å². The van der Waals surface area contributed by atoms with Crippen molar-refractivity contribution in [3.8, 4) is 0 Å². The van der Waals surface area contributed by atoms with E-state index in [9.17, 15) is 24.0 Å². The zero-order valence-corrected chi connectivity index (χ0v) is 17.6. The lowest BCUT2D eigenvalue weighted by Gasteiger charge is -2.45. The van der Waals surface area contributed by atoms with Crippen LogP contribution in [0.5, 0.6) is 0 Å². The van der Waals surface area contributed by atoms with Crippen LogP contribution in [-0.2, 0) is 57.1 Å². The Kier molecular flexibility index (Phi) is 9.66. The van der Waals surface area contributed by atoms with Crippen molar-refractivity contribution in [2.75, 3.05) is 27.9 Å². The molecule has 12 heteroatoms. The number of rotatable bonds is 8. The van der Waals surface area contributed by atoms with Crippen molar-refractivity contribution >= 4 is 29.8 Å². The van der Waals surface area contributed by atoms with Crippen LogP contribution in [0.3, 0.4) is 0 Å². The van der Waals surface area contributed by atoms with Gasteiger partial charge in [-0.2, -0.15) is 0 Å². The Bertz CT molecular complexity index is 644. The lowest BCUT2D eigenvalue weighted by Crippen LogP contribution is -2.62. The summed E-state index contributed by atoms with van der Waals surface area (Å²) in [7, 11) is 3.33. The molecule has 1 aliphatic heterocycles. The average Bonchev–Trinajstić information content (AvgIpc) is 2.67. The van der Waals surface area contributed by atoms with Crippen molar-refractivity contribution in [1.29, 1.82) is 0 Å². The largest absolute Gasteiger partial charge is 0.468 e. The highest BCUT2D eigenvalue weighted by Crippen LogP contribution is 2.37. The molecule has 0 unspecified atom stereocenters. The highest BCUT2D eigenvalue weighted by molar-refractivity contribution is 5.95. The first-order valence-electron chi connectivity index (χ1n) is 8.89. The van der Waals surface area contributed by atoms with Gasteiger partial charge in [0.15, 0.2) is 24.4 Å². The molecule has 1 fully saturated rings. The first-order chi connectivity index (χ1) is 14.1. The molecule has 170 valence electrons. The summed E-state index contributed by atoms with van der Waals surface area (Å²) in [4.78, 5) is 59.5. The van der Waals surface area contributed by atoms with Gasteiger partial charge in [-0.05, 0) is 0 Å². The molecular formula is C18H26O12. The van der Waals surface area contributed by atoms with Gasteiger partial charge in [-0.1, -0.05) is 0 Å². The number of hydrogen-bond donors (Lipinski definition) is 0. The summed E-state index contributed by atoms with van der Waals surface area (Å²) >= 11 is 0. The van der Waals surface area contributed by atoms with E-state index in [-0.39, 0.29) is 6.61 Å². The van der Waals surface area contributed by atoms with Gasteiger partial charge in [-0.3, -0.25) is 24.0 Å². The van der Waals surface area contributed by atoms with Gasteiger partial charge < -0.3 is 33.2 Å². The molecule has 30 heavy (non-hydrogen) atoms. The number of carbonyl (C=O) groups is 5.